The lowest BCUT2D eigenvalue weighted by Crippen LogP contribution is -2.07. The molecule has 0 aromatic heterocycles. The van der Waals surface area contributed by atoms with Crippen molar-refractivity contribution in [2.45, 2.75) is 18.0 Å². The van der Waals surface area contributed by atoms with Gasteiger partial charge in [-0.3, -0.25) is 4.79 Å². The quantitative estimate of drug-likeness (QED) is 0.568. The molecule has 0 aliphatic carbocycles. The fourth-order valence-electron chi connectivity index (χ4n) is 0.994. The number of carbonyl (C=O) groups is 1. The lowest BCUT2D eigenvalue weighted by Gasteiger charge is -2.08. The van der Waals surface area contributed by atoms with Crippen molar-refractivity contribution in [3.63, 3.8) is 0 Å². The molecule has 0 heterocycles. The summed E-state index contributed by atoms with van der Waals surface area (Å²) in [7, 11) is 0. The minimum absolute atomic E-state index is 0.0110. The first kappa shape index (κ1) is 11.1. The van der Waals surface area contributed by atoms with Gasteiger partial charge in [-0.15, -0.1) is 12.6 Å². The topological polar surface area (TPSA) is 17.1 Å². The molecule has 0 unspecified atom stereocenters. The van der Waals surface area contributed by atoms with Gasteiger partial charge in [-0.25, -0.2) is 0 Å². The van der Waals surface area contributed by atoms with E-state index in [-0.39, 0.29) is 10.5 Å². The average molecular weight is 220 g/mol. The van der Waals surface area contributed by atoms with E-state index in [0.717, 1.165) is 12.1 Å². The standard InChI is InChI=1S/C9H7F3OS/c1-5(13)7-4-6(9(10,11)12)2-3-8(7)14/h2-4,14H,1H3. The molecule has 1 aromatic carbocycles. The van der Waals surface area contributed by atoms with Crippen molar-refractivity contribution in [1.82, 2.24) is 0 Å². The Labute approximate surface area is 84.3 Å². The maximum absolute atomic E-state index is 12.2. The van der Waals surface area contributed by atoms with Crippen LogP contribution in [-0.4, -0.2) is 5.78 Å². The van der Waals surface area contributed by atoms with Crippen molar-refractivity contribution >= 4 is 18.4 Å². The highest BCUT2D eigenvalue weighted by Gasteiger charge is 2.31. The summed E-state index contributed by atoms with van der Waals surface area (Å²) >= 11 is 3.89. The van der Waals surface area contributed by atoms with Crippen molar-refractivity contribution in [3.8, 4) is 0 Å². The van der Waals surface area contributed by atoms with Gasteiger partial charge in [0.2, 0.25) is 0 Å². The summed E-state index contributed by atoms with van der Waals surface area (Å²) in [6, 6.07) is 2.88. The third kappa shape index (κ3) is 2.29. The lowest BCUT2D eigenvalue weighted by atomic mass is 10.1. The van der Waals surface area contributed by atoms with Gasteiger partial charge in [0, 0.05) is 10.5 Å². The van der Waals surface area contributed by atoms with Crippen LogP contribution in [0.15, 0.2) is 23.1 Å². The number of hydrogen-bond donors (Lipinski definition) is 1. The third-order valence-electron chi connectivity index (χ3n) is 1.70. The number of Topliss-reactive ketones (excluding diaryl/α,β-unsaturated/α-hetero) is 1. The molecular formula is C9H7F3OS. The van der Waals surface area contributed by atoms with E-state index in [1.54, 1.807) is 0 Å². The molecule has 0 aliphatic rings. The molecule has 5 heteroatoms. The van der Waals surface area contributed by atoms with E-state index >= 15 is 0 Å². The zero-order chi connectivity index (χ0) is 10.9. The van der Waals surface area contributed by atoms with Crippen LogP contribution >= 0.6 is 12.6 Å². The Balaban J connectivity index is 3.27. The second-order valence-electron chi connectivity index (χ2n) is 2.79. The molecule has 0 saturated heterocycles. The summed E-state index contributed by atoms with van der Waals surface area (Å²) in [5.41, 5.74) is -0.844. The van der Waals surface area contributed by atoms with Gasteiger partial charge in [0.05, 0.1) is 5.56 Å². The molecule has 1 nitrogen and oxygen atoms in total. The van der Waals surface area contributed by atoms with Crippen LogP contribution in [0.1, 0.15) is 22.8 Å². The molecule has 14 heavy (non-hydrogen) atoms. The normalized spacial score (nSPS) is 11.5. The molecule has 0 amide bonds. The van der Waals surface area contributed by atoms with Gasteiger partial charge >= 0.3 is 6.18 Å². The van der Waals surface area contributed by atoms with Crippen molar-refractivity contribution in [1.29, 1.82) is 0 Å². The summed E-state index contributed by atoms with van der Waals surface area (Å²) < 4.78 is 36.7. The average Bonchev–Trinajstić information content (AvgIpc) is 2.02. The summed E-state index contributed by atoms with van der Waals surface area (Å²) in [6.07, 6.45) is -4.42. The molecule has 1 aromatic rings. The Morgan fingerprint density at radius 3 is 2.36 bits per heavy atom. The number of benzene rings is 1. The first-order chi connectivity index (χ1) is 6.32. The van der Waals surface area contributed by atoms with E-state index in [0.29, 0.717) is 0 Å². The number of carbonyl (C=O) groups excluding carboxylic acids is 1. The summed E-state index contributed by atoms with van der Waals surface area (Å²) in [5.74, 6) is -0.430. The SMILES string of the molecule is CC(=O)c1cc(C(F)(F)F)ccc1S. The third-order valence-corrected chi connectivity index (χ3v) is 2.09. The predicted molar refractivity (Wildman–Crippen MR) is 48.7 cm³/mol. The summed E-state index contributed by atoms with van der Waals surface area (Å²) in [6.45, 7) is 1.20. The van der Waals surface area contributed by atoms with E-state index in [9.17, 15) is 18.0 Å². The van der Waals surface area contributed by atoms with Crippen LogP contribution in [0.25, 0.3) is 0 Å². The van der Waals surface area contributed by atoms with Crippen molar-refractivity contribution < 1.29 is 18.0 Å². The first-order valence-electron chi connectivity index (χ1n) is 3.73. The molecule has 1 rings (SSSR count). The molecule has 0 aliphatic heterocycles. The number of thiol groups is 1. The molecule has 0 fully saturated rings. The van der Waals surface area contributed by atoms with Crippen LogP contribution in [0, 0.1) is 0 Å². The molecular weight excluding hydrogens is 213 g/mol. The maximum atomic E-state index is 12.2. The first-order valence-corrected chi connectivity index (χ1v) is 4.18. The summed E-state index contributed by atoms with van der Waals surface area (Å²) in [5, 5.41) is 0. The number of halogens is 3. The maximum Gasteiger partial charge on any atom is 0.416 e. The number of rotatable bonds is 1. The number of ketones is 1. The largest absolute Gasteiger partial charge is 0.416 e. The van der Waals surface area contributed by atoms with Gasteiger partial charge in [0.1, 0.15) is 0 Å². The van der Waals surface area contributed by atoms with E-state index in [4.69, 9.17) is 0 Å². The highest BCUT2D eigenvalue weighted by molar-refractivity contribution is 7.80. The zero-order valence-electron chi connectivity index (χ0n) is 7.22. The summed E-state index contributed by atoms with van der Waals surface area (Å²) in [4.78, 5) is 11.2. The zero-order valence-corrected chi connectivity index (χ0v) is 8.12. The van der Waals surface area contributed by atoms with E-state index < -0.39 is 17.5 Å². The van der Waals surface area contributed by atoms with E-state index in [2.05, 4.69) is 12.6 Å². The van der Waals surface area contributed by atoms with Crippen LogP contribution in [0.4, 0.5) is 13.2 Å². The van der Waals surface area contributed by atoms with Gasteiger partial charge in [0.25, 0.3) is 0 Å². The fraction of sp³-hybridized carbons (Fsp3) is 0.222. The Hall–Kier alpha value is -0.970. The smallest absolute Gasteiger partial charge is 0.294 e. The van der Waals surface area contributed by atoms with Gasteiger partial charge < -0.3 is 0 Å². The lowest BCUT2D eigenvalue weighted by molar-refractivity contribution is -0.137. The van der Waals surface area contributed by atoms with Crippen LogP contribution in [0.3, 0.4) is 0 Å². The monoisotopic (exact) mass is 220 g/mol. The Morgan fingerprint density at radius 2 is 1.93 bits per heavy atom. The Morgan fingerprint density at radius 1 is 1.36 bits per heavy atom. The van der Waals surface area contributed by atoms with Crippen LogP contribution in [0.2, 0.25) is 0 Å². The Bertz CT molecular complexity index is 371. The van der Waals surface area contributed by atoms with Crippen LogP contribution in [-0.2, 0) is 6.18 Å². The van der Waals surface area contributed by atoms with E-state index in [1.165, 1.54) is 13.0 Å². The molecule has 0 N–H and O–H groups in total. The number of alkyl halides is 3. The highest BCUT2D eigenvalue weighted by atomic mass is 32.1. The van der Waals surface area contributed by atoms with Gasteiger partial charge in [0.15, 0.2) is 5.78 Å². The molecule has 0 atom stereocenters. The van der Waals surface area contributed by atoms with Crippen LogP contribution in [0.5, 0.6) is 0 Å². The van der Waals surface area contributed by atoms with Gasteiger partial charge in [-0.2, -0.15) is 13.2 Å². The van der Waals surface area contributed by atoms with E-state index in [1.807, 2.05) is 0 Å². The van der Waals surface area contributed by atoms with Crippen molar-refractivity contribution in [2.24, 2.45) is 0 Å². The molecule has 0 bridgehead atoms. The second kappa shape index (κ2) is 3.65. The minimum Gasteiger partial charge on any atom is -0.294 e. The molecule has 76 valence electrons. The second-order valence-corrected chi connectivity index (χ2v) is 3.27. The fourth-order valence-corrected chi connectivity index (χ4v) is 1.29. The predicted octanol–water partition coefficient (Wildman–Crippen LogP) is 3.20. The molecule has 0 saturated carbocycles. The van der Waals surface area contributed by atoms with Crippen LogP contribution < -0.4 is 0 Å². The molecule has 0 radical (unpaired) electrons. The highest BCUT2D eigenvalue weighted by Crippen LogP contribution is 2.31. The van der Waals surface area contributed by atoms with Gasteiger partial charge in [-0.1, -0.05) is 0 Å². The van der Waals surface area contributed by atoms with Gasteiger partial charge in [-0.05, 0) is 25.1 Å². The minimum atomic E-state index is -4.42. The molecule has 0 spiro atoms. The Kier molecular flexibility index (Phi) is 2.89. The van der Waals surface area contributed by atoms with Crippen molar-refractivity contribution in [2.75, 3.05) is 0 Å². The number of hydrogen-bond acceptors (Lipinski definition) is 2. The van der Waals surface area contributed by atoms with Crippen molar-refractivity contribution in [3.05, 3.63) is 29.3 Å².